The summed E-state index contributed by atoms with van der Waals surface area (Å²) in [6, 6.07) is 10.9. The molecule has 2 N–H and O–H groups in total. The van der Waals surface area contributed by atoms with Gasteiger partial charge in [0.1, 0.15) is 0 Å². The largest absolute Gasteiger partial charge is 0.326 e. The van der Waals surface area contributed by atoms with Crippen LogP contribution in [0.4, 0.5) is 11.4 Å². The summed E-state index contributed by atoms with van der Waals surface area (Å²) >= 11 is 0. The molecular formula is C21H27N3O4S. The second-order valence-electron chi connectivity index (χ2n) is 7.03. The van der Waals surface area contributed by atoms with Gasteiger partial charge < -0.3 is 10.6 Å². The topological polar surface area (TPSA) is 95.6 Å². The lowest BCUT2D eigenvalue weighted by Crippen LogP contribution is -2.33. The predicted molar refractivity (Wildman–Crippen MR) is 115 cm³/mol. The van der Waals surface area contributed by atoms with E-state index in [0.717, 1.165) is 5.56 Å². The Balaban J connectivity index is 2.29. The molecule has 0 aliphatic rings. The monoisotopic (exact) mass is 417 g/mol. The summed E-state index contributed by atoms with van der Waals surface area (Å²) in [4.78, 5) is 24.4. The minimum absolute atomic E-state index is 0.0574. The van der Waals surface area contributed by atoms with Crippen molar-refractivity contribution in [3.8, 4) is 0 Å². The number of hydrogen-bond acceptors (Lipinski definition) is 4. The van der Waals surface area contributed by atoms with E-state index < -0.39 is 15.9 Å². The SMILES string of the molecule is CCC(=O)Nc1ccc(C)c(NC(=O)c2cccc(S(=O)(=O)N(C)C(C)C)c2)c1. The number of rotatable bonds is 7. The van der Waals surface area contributed by atoms with Gasteiger partial charge in [-0.1, -0.05) is 19.1 Å². The molecule has 2 rings (SSSR count). The Morgan fingerprint density at radius 1 is 1.07 bits per heavy atom. The highest BCUT2D eigenvalue weighted by Crippen LogP contribution is 2.23. The zero-order valence-electron chi connectivity index (χ0n) is 17.3. The third-order valence-electron chi connectivity index (χ3n) is 4.59. The van der Waals surface area contributed by atoms with Gasteiger partial charge in [-0.15, -0.1) is 0 Å². The van der Waals surface area contributed by atoms with E-state index in [-0.39, 0.29) is 22.4 Å². The van der Waals surface area contributed by atoms with Crippen molar-refractivity contribution in [2.75, 3.05) is 17.7 Å². The molecule has 0 unspecified atom stereocenters. The highest BCUT2D eigenvalue weighted by atomic mass is 32.2. The normalized spacial score (nSPS) is 11.6. The van der Waals surface area contributed by atoms with Crippen LogP contribution in [0.1, 0.15) is 43.1 Å². The van der Waals surface area contributed by atoms with Crippen LogP contribution in [0.2, 0.25) is 0 Å². The van der Waals surface area contributed by atoms with Gasteiger partial charge in [-0.2, -0.15) is 4.31 Å². The van der Waals surface area contributed by atoms with Gasteiger partial charge in [-0.25, -0.2) is 8.42 Å². The molecule has 29 heavy (non-hydrogen) atoms. The maximum atomic E-state index is 12.7. The minimum Gasteiger partial charge on any atom is -0.326 e. The van der Waals surface area contributed by atoms with Crippen LogP contribution in [0, 0.1) is 6.92 Å². The molecule has 2 aromatic rings. The summed E-state index contributed by atoms with van der Waals surface area (Å²) in [5.74, 6) is -0.561. The van der Waals surface area contributed by atoms with Crippen molar-refractivity contribution < 1.29 is 18.0 Å². The fraction of sp³-hybridized carbons (Fsp3) is 0.333. The highest BCUT2D eigenvalue weighted by Gasteiger charge is 2.24. The molecule has 0 atom stereocenters. The smallest absolute Gasteiger partial charge is 0.255 e. The van der Waals surface area contributed by atoms with Gasteiger partial charge in [0.25, 0.3) is 5.91 Å². The third-order valence-corrected chi connectivity index (χ3v) is 6.62. The molecule has 156 valence electrons. The first-order valence-corrected chi connectivity index (χ1v) is 10.8. The molecule has 0 saturated carbocycles. The Hall–Kier alpha value is -2.71. The number of carbonyl (C=O) groups excluding carboxylic acids is 2. The summed E-state index contributed by atoms with van der Waals surface area (Å²) in [6.45, 7) is 7.14. The van der Waals surface area contributed by atoms with E-state index in [2.05, 4.69) is 10.6 Å². The number of benzene rings is 2. The van der Waals surface area contributed by atoms with E-state index in [1.807, 2.05) is 6.92 Å². The molecule has 0 fully saturated rings. The Labute approximate surface area is 172 Å². The Bertz CT molecular complexity index is 1020. The zero-order valence-corrected chi connectivity index (χ0v) is 18.1. The van der Waals surface area contributed by atoms with Crippen molar-refractivity contribution in [2.45, 2.75) is 45.1 Å². The van der Waals surface area contributed by atoms with Crippen molar-refractivity contribution in [1.29, 1.82) is 0 Å². The Morgan fingerprint density at radius 3 is 2.38 bits per heavy atom. The highest BCUT2D eigenvalue weighted by molar-refractivity contribution is 7.89. The third kappa shape index (κ3) is 5.42. The van der Waals surface area contributed by atoms with Crippen LogP contribution in [0.5, 0.6) is 0 Å². The molecule has 0 bridgehead atoms. The van der Waals surface area contributed by atoms with E-state index in [9.17, 15) is 18.0 Å². The number of sulfonamides is 1. The quantitative estimate of drug-likeness (QED) is 0.719. The van der Waals surface area contributed by atoms with Crippen molar-refractivity contribution in [3.63, 3.8) is 0 Å². The van der Waals surface area contributed by atoms with Gasteiger partial charge in [0, 0.05) is 36.4 Å². The number of nitrogens with zero attached hydrogens (tertiary/aromatic N) is 1. The summed E-state index contributed by atoms with van der Waals surface area (Å²) in [7, 11) is -2.19. The fourth-order valence-electron chi connectivity index (χ4n) is 2.52. The average molecular weight is 418 g/mol. The lowest BCUT2D eigenvalue weighted by molar-refractivity contribution is -0.115. The van der Waals surface area contributed by atoms with Crippen LogP contribution in [-0.2, 0) is 14.8 Å². The summed E-state index contributed by atoms with van der Waals surface area (Å²) in [5.41, 5.74) is 2.16. The van der Waals surface area contributed by atoms with Crippen LogP contribution < -0.4 is 10.6 Å². The van der Waals surface area contributed by atoms with Crippen molar-refractivity contribution >= 4 is 33.2 Å². The second kappa shape index (κ2) is 9.19. The van der Waals surface area contributed by atoms with Gasteiger partial charge in [-0.05, 0) is 56.7 Å². The summed E-state index contributed by atoms with van der Waals surface area (Å²) in [6.07, 6.45) is 0.349. The lowest BCUT2D eigenvalue weighted by Gasteiger charge is -2.21. The van der Waals surface area contributed by atoms with Gasteiger partial charge in [0.15, 0.2) is 0 Å². The van der Waals surface area contributed by atoms with Crippen LogP contribution in [0.15, 0.2) is 47.4 Å². The molecule has 0 heterocycles. The molecule has 8 heteroatoms. The van der Waals surface area contributed by atoms with Gasteiger partial charge in [-0.3, -0.25) is 9.59 Å². The number of anilines is 2. The lowest BCUT2D eigenvalue weighted by atomic mass is 10.1. The first-order valence-electron chi connectivity index (χ1n) is 9.36. The van der Waals surface area contributed by atoms with Gasteiger partial charge in [0.2, 0.25) is 15.9 Å². The van der Waals surface area contributed by atoms with Crippen molar-refractivity contribution in [1.82, 2.24) is 4.31 Å². The summed E-state index contributed by atoms with van der Waals surface area (Å²) in [5, 5.41) is 5.54. The van der Waals surface area contributed by atoms with Gasteiger partial charge in [0.05, 0.1) is 4.90 Å². The van der Waals surface area contributed by atoms with Crippen molar-refractivity contribution in [2.24, 2.45) is 0 Å². The van der Waals surface area contributed by atoms with E-state index in [0.29, 0.717) is 17.8 Å². The first-order chi connectivity index (χ1) is 13.6. The van der Waals surface area contributed by atoms with Crippen LogP contribution >= 0.6 is 0 Å². The number of carbonyl (C=O) groups is 2. The molecule has 2 aromatic carbocycles. The molecule has 0 spiro atoms. The Morgan fingerprint density at radius 2 is 1.76 bits per heavy atom. The number of amides is 2. The molecule has 0 radical (unpaired) electrons. The molecular weight excluding hydrogens is 390 g/mol. The van der Waals surface area contributed by atoms with Crippen molar-refractivity contribution in [3.05, 3.63) is 53.6 Å². The number of aryl methyl sites for hydroxylation is 1. The molecule has 0 aliphatic heterocycles. The predicted octanol–water partition coefficient (Wildman–Crippen LogP) is 3.62. The molecule has 0 saturated heterocycles. The first kappa shape index (κ1) is 22.6. The molecule has 7 nitrogen and oxygen atoms in total. The van der Waals surface area contributed by atoms with E-state index in [4.69, 9.17) is 0 Å². The standard InChI is InChI=1S/C21H27N3O4S/c1-6-20(25)22-17-11-10-15(4)19(13-17)23-21(26)16-8-7-9-18(12-16)29(27,28)24(5)14(2)3/h7-14H,6H2,1-5H3,(H,22,25)(H,23,26). The number of nitrogens with one attached hydrogen (secondary N) is 2. The number of hydrogen-bond donors (Lipinski definition) is 2. The zero-order chi connectivity index (χ0) is 21.8. The van der Waals surface area contributed by atoms with Crippen LogP contribution in [0.25, 0.3) is 0 Å². The second-order valence-corrected chi connectivity index (χ2v) is 9.03. The van der Waals surface area contributed by atoms with Crippen LogP contribution in [0.3, 0.4) is 0 Å². The molecule has 0 aromatic heterocycles. The van der Waals surface area contributed by atoms with Gasteiger partial charge >= 0.3 is 0 Å². The maximum Gasteiger partial charge on any atom is 0.255 e. The summed E-state index contributed by atoms with van der Waals surface area (Å²) < 4.78 is 26.6. The Kier molecular flexibility index (Phi) is 7.16. The van der Waals surface area contributed by atoms with Crippen LogP contribution in [-0.4, -0.2) is 37.6 Å². The minimum atomic E-state index is -3.69. The van der Waals surface area contributed by atoms with E-state index in [1.54, 1.807) is 51.1 Å². The fourth-order valence-corrected chi connectivity index (χ4v) is 3.93. The maximum absolute atomic E-state index is 12.7. The van der Waals surface area contributed by atoms with E-state index in [1.165, 1.54) is 23.5 Å². The average Bonchev–Trinajstić information content (AvgIpc) is 2.69. The molecule has 0 aliphatic carbocycles. The molecule has 2 amide bonds. The van der Waals surface area contributed by atoms with E-state index >= 15 is 0 Å².